The summed E-state index contributed by atoms with van der Waals surface area (Å²) in [4.78, 5) is 8.20. The van der Waals surface area contributed by atoms with Gasteiger partial charge in [-0.1, -0.05) is 0 Å². The van der Waals surface area contributed by atoms with Gasteiger partial charge in [-0.05, 0) is 12.1 Å². The molecular weight excluding hydrogens is 164 g/mol. The molecule has 0 bridgehead atoms. The van der Waals surface area contributed by atoms with E-state index in [-0.39, 0.29) is 0 Å². The molecule has 0 amide bonds. The predicted molar refractivity (Wildman–Crippen MR) is 50.9 cm³/mol. The van der Waals surface area contributed by atoms with Gasteiger partial charge >= 0.3 is 0 Å². The average Bonchev–Trinajstić information content (AvgIpc) is 2.53. The van der Waals surface area contributed by atoms with Gasteiger partial charge in [-0.2, -0.15) is 0 Å². The molecule has 0 aromatic carbocycles. The van der Waals surface area contributed by atoms with Gasteiger partial charge in [-0.25, -0.2) is 9.97 Å². The van der Waals surface area contributed by atoms with Crippen molar-refractivity contribution in [2.75, 3.05) is 5.73 Å². The summed E-state index contributed by atoms with van der Waals surface area (Å²) in [6.07, 6.45) is 5.37. The van der Waals surface area contributed by atoms with E-state index in [1.165, 1.54) is 0 Å². The number of hydrogen-bond acceptors (Lipinski definition) is 3. The summed E-state index contributed by atoms with van der Waals surface area (Å²) in [6, 6.07) is 3.68. The lowest BCUT2D eigenvalue weighted by Crippen LogP contribution is -1.93. The number of nitrogen functional groups attached to an aromatic ring is 1. The maximum Gasteiger partial charge on any atom is 0.141 e. The molecule has 0 unspecified atom stereocenters. The predicted octanol–water partition coefficient (Wildman–Crippen LogP) is 1.06. The minimum absolute atomic E-state index is 0.526. The Morgan fingerprint density at radius 1 is 1.31 bits per heavy atom. The Labute approximate surface area is 76.1 Å². The molecular formula is C9H10N4. The quantitative estimate of drug-likeness (QED) is 0.703. The summed E-state index contributed by atoms with van der Waals surface area (Å²) in [6.45, 7) is 0. The Bertz CT molecular complexity index is 402. The molecule has 0 atom stereocenters. The van der Waals surface area contributed by atoms with E-state index in [1.54, 1.807) is 18.5 Å². The van der Waals surface area contributed by atoms with Crippen molar-refractivity contribution in [2.45, 2.75) is 0 Å². The van der Waals surface area contributed by atoms with Crippen LogP contribution in [0.4, 0.5) is 5.82 Å². The van der Waals surface area contributed by atoms with Gasteiger partial charge in [0, 0.05) is 31.2 Å². The first-order valence-electron chi connectivity index (χ1n) is 3.96. The molecule has 2 heterocycles. The summed E-state index contributed by atoms with van der Waals surface area (Å²) in [5, 5.41) is 0. The highest BCUT2D eigenvalue weighted by Gasteiger charge is 2.01. The highest BCUT2D eigenvalue weighted by molar-refractivity contribution is 5.55. The smallest absolute Gasteiger partial charge is 0.141 e. The zero-order valence-electron chi connectivity index (χ0n) is 7.31. The van der Waals surface area contributed by atoms with E-state index in [0.29, 0.717) is 5.82 Å². The number of aryl methyl sites for hydroxylation is 1. The second kappa shape index (κ2) is 2.90. The van der Waals surface area contributed by atoms with E-state index < -0.39 is 0 Å². The number of aromatic nitrogens is 3. The Morgan fingerprint density at radius 3 is 2.69 bits per heavy atom. The van der Waals surface area contributed by atoms with Crippen molar-refractivity contribution in [2.24, 2.45) is 7.05 Å². The molecule has 0 fully saturated rings. The van der Waals surface area contributed by atoms with E-state index in [9.17, 15) is 0 Å². The summed E-state index contributed by atoms with van der Waals surface area (Å²) in [7, 11) is 1.94. The Kier molecular flexibility index (Phi) is 1.73. The van der Waals surface area contributed by atoms with E-state index >= 15 is 0 Å². The summed E-state index contributed by atoms with van der Waals surface area (Å²) in [5.41, 5.74) is 6.45. The van der Waals surface area contributed by atoms with Gasteiger partial charge in [-0.3, -0.25) is 0 Å². The molecule has 4 nitrogen and oxygen atoms in total. The molecule has 66 valence electrons. The van der Waals surface area contributed by atoms with Crippen molar-refractivity contribution in [3.05, 3.63) is 30.7 Å². The van der Waals surface area contributed by atoms with Crippen molar-refractivity contribution in [3.63, 3.8) is 0 Å². The SMILES string of the molecule is Cn1ccnc1-c1ccc(N)nc1. The van der Waals surface area contributed by atoms with Crippen LogP contribution in [0.3, 0.4) is 0 Å². The molecule has 0 saturated carbocycles. The highest BCUT2D eigenvalue weighted by atomic mass is 15.0. The zero-order chi connectivity index (χ0) is 9.26. The second-order valence-electron chi connectivity index (χ2n) is 2.83. The molecule has 0 spiro atoms. The summed E-state index contributed by atoms with van der Waals surface area (Å²) < 4.78 is 1.94. The van der Waals surface area contributed by atoms with Gasteiger partial charge in [0.15, 0.2) is 0 Å². The van der Waals surface area contributed by atoms with Gasteiger partial charge < -0.3 is 10.3 Å². The molecule has 0 radical (unpaired) electrons. The van der Waals surface area contributed by atoms with Crippen LogP contribution in [0.5, 0.6) is 0 Å². The van der Waals surface area contributed by atoms with Crippen molar-refractivity contribution in [1.82, 2.24) is 14.5 Å². The first-order chi connectivity index (χ1) is 6.27. The summed E-state index contributed by atoms with van der Waals surface area (Å²) in [5.74, 6) is 1.42. The van der Waals surface area contributed by atoms with Crippen LogP contribution in [0.2, 0.25) is 0 Å². The van der Waals surface area contributed by atoms with Crippen LogP contribution in [0, 0.1) is 0 Å². The Hall–Kier alpha value is -1.84. The second-order valence-corrected chi connectivity index (χ2v) is 2.83. The van der Waals surface area contributed by atoms with Crippen LogP contribution in [0.25, 0.3) is 11.4 Å². The standard InChI is InChI=1S/C9H10N4/c1-13-5-4-11-9(13)7-2-3-8(10)12-6-7/h2-6H,1H3,(H2,10,12). The number of anilines is 1. The first kappa shape index (κ1) is 7.79. The minimum Gasteiger partial charge on any atom is -0.384 e. The first-order valence-corrected chi connectivity index (χ1v) is 3.96. The number of pyridine rings is 1. The topological polar surface area (TPSA) is 56.7 Å². The fourth-order valence-electron chi connectivity index (χ4n) is 1.18. The van der Waals surface area contributed by atoms with Crippen LogP contribution in [-0.2, 0) is 7.05 Å². The largest absolute Gasteiger partial charge is 0.384 e. The van der Waals surface area contributed by atoms with Gasteiger partial charge in [0.1, 0.15) is 11.6 Å². The molecule has 2 N–H and O–H groups in total. The lowest BCUT2D eigenvalue weighted by Gasteiger charge is -2.00. The maximum absolute atomic E-state index is 5.48. The number of rotatable bonds is 1. The minimum atomic E-state index is 0.526. The van der Waals surface area contributed by atoms with Crippen molar-refractivity contribution in [3.8, 4) is 11.4 Å². The molecule has 0 aliphatic heterocycles. The molecule has 2 aromatic heterocycles. The number of nitrogens with zero attached hydrogens (tertiary/aromatic N) is 3. The van der Waals surface area contributed by atoms with E-state index in [4.69, 9.17) is 5.73 Å². The number of nitrogens with two attached hydrogens (primary N) is 1. The van der Waals surface area contributed by atoms with E-state index in [0.717, 1.165) is 11.4 Å². The molecule has 0 saturated heterocycles. The lowest BCUT2D eigenvalue weighted by atomic mass is 10.2. The lowest BCUT2D eigenvalue weighted by molar-refractivity contribution is 0.923. The van der Waals surface area contributed by atoms with Crippen molar-refractivity contribution in [1.29, 1.82) is 0 Å². The van der Waals surface area contributed by atoms with Gasteiger partial charge in [0.25, 0.3) is 0 Å². The molecule has 0 aliphatic carbocycles. The van der Waals surface area contributed by atoms with Crippen molar-refractivity contribution < 1.29 is 0 Å². The van der Waals surface area contributed by atoms with Gasteiger partial charge in [-0.15, -0.1) is 0 Å². The van der Waals surface area contributed by atoms with Crippen molar-refractivity contribution >= 4 is 5.82 Å². The number of hydrogen-bond donors (Lipinski definition) is 1. The molecule has 2 rings (SSSR count). The monoisotopic (exact) mass is 174 g/mol. The van der Waals surface area contributed by atoms with Gasteiger partial charge in [0.05, 0.1) is 0 Å². The van der Waals surface area contributed by atoms with Crippen LogP contribution in [-0.4, -0.2) is 14.5 Å². The molecule has 2 aromatic rings. The van der Waals surface area contributed by atoms with E-state index in [2.05, 4.69) is 9.97 Å². The van der Waals surface area contributed by atoms with Crippen LogP contribution in [0.15, 0.2) is 30.7 Å². The Morgan fingerprint density at radius 2 is 2.15 bits per heavy atom. The third-order valence-corrected chi connectivity index (χ3v) is 1.87. The number of imidazole rings is 1. The molecule has 13 heavy (non-hydrogen) atoms. The van der Waals surface area contributed by atoms with Crippen LogP contribution >= 0.6 is 0 Å². The normalized spacial score (nSPS) is 10.2. The zero-order valence-corrected chi connectivity index (χ0v) is 7.31. The van der Waals surface area contributed by atoms with E-state index in [1.807, 2.05) is 23.9 Å². The highest BCUT2D eigenvalue weighted by Crippen LogP contribution is 2.15. The summed E-state index contributed by atoms with van der Waals surface area (Å²) >= 11 is 0. The van der Waals surface area contributed by atoms with Crippen LogP contribution in [0.1, 0.15) is 0 Å². The molecule has 4 heteroatoms. The fourth-order valence-corrected chi connectivity index (χ4v) is 1.18. The fraction of sp³-hybridized carbons (Fsp3) is 0.111. The molecule has 0 aliphatic rings. The third-order valence-electron chi connectivity index (χ3n) is 1.87. The van der Waals surface area contributed by atoms with Crippen LogP contribution < -0.4 is 5.73 Å². The average molecular weight is 174 g/mol. The van der Waals surface area contributed by atoms with Gasteiger partial charge in [0.2, 0.25) is 0 Å². The third kappa shape index (κ3) is 1.38. The maximum atomic E-state index is 5.48. The Balaban J connectivity index is 2.47.